The Morgan fingerprint density at radius 2 is 1.64 bits per heavy atom. The Balaban J connectivity index is 1.83. The average Bonchev–Trinajstić information content (AvgIpc) is 2.68. The molecule has 2 aromatic carbocycles. The molecule has 0 aliphatic heterocycles. The molecule has 0 fully saturated rings. The molecule has 2 rings (SSSR count). The lowest BCUT2D eigenvalue weighted by atomic mass is 10.1. The zero-order valence-corrected chi connectivity index (χ0v) is 16.4. The molecule has 0 saturated carbocycles. The summed E-state index contributed by atoms with van der Waals surface area (Å²) in [5, 5.41) is 0. The number of hydrazine groups is 1. The van der Waals surface area contributed by atoms with E-state index in [0.717, 1.165) is 11.1 Å². The Morgan fingerprint density at radius 3 is 2.29 bits per heavy atom. The number of ether oxygens (including phenoxy) is 3. The first-order valence-corrected chi connectivity index (χ1v) is 8.61. The summed E-state index contributed by atoms with van der Waals surface area (Å²) >= 11 is 0. The van der Waals surface area contributed by atoms with Crippen molar-refractivity contribution < 1.29 is 23.8 Å². The van der Waals surface area contributed by atoms with Gasteiger partial charge in [-0.05, 0) is 55.3 Å². The van der Waals surface area contributed by atoms with E-state index < -0.39 is 11.8 Å². The van der Waals surface area contributed by atoms with Gasteiger partial charge in [0.25, 0.3) is 11.8 Å². The van der Waals surface area contributed by atoms with E-state index in [1.54, 1.807) is 31.4 Å². The number of rotatable bonds is 7. The van der Waals surface area contributed by atoms with Crippen molar-refractivity contribution >= 4 is 17.9 Å². The Labute approximate surface area is 164 Å². The molecular formula is C21H24N2O5. The van der Waals surface area contributed by atoms with Crippen LogP contribution in [0.3, 0.4) is 0 Å². The van der Waals surface area contributed by atoms with Gasteiger partial charge in [-0.25, -0.2) is 0 Å². The quantitative estimate of drug-likeness (QED) is 0.566. The number of amides is 2. The Morgan fingerprint density at radius 1 is 0.929 bits per heavy atom. The van der Waals surface area contributed by atoms with Crippen molar-refractivity contribution in [2.24, 2.45) is 0 Å². The van der Waals surface area contributed by atoms with Gasteiger partial charge in [0.2, 0.25) is 0 Å². The monoisotopic (exact) mass is 384 g/mol. The fourth-order valence-corrected chi connectivity index (χ4v) is 2.50. The van der Waals surface area contributed by atoms with E-state index in [0.29, 0.717) is 22.8 Å². The first-order chi connectivity index (χ1) is 13.4. The lowest BCUT2D eigenvalue weighted by Crippen LogP contribution is -2.43. The molecule has 0 saturated heterocycles. The standard InChI is InChI=1S/C21H24N2O5/c1-14-9-15(2)11-18(10-14)28-13-21(25)23-22-20(24)8-6-16-5-7-17(26-3)12-19(16)27-4/h5-12H,13H2,1-4H3,(H,22,24)(H,23,25)/b8-6+. The van der Waals surface area contributed by atoms with Crippen molar-refractivity contribution in [1.82, 2.24) is 10.9 Å². The Bertz CT molecular complexity index is 857. The lowest BCUT2D eigenvalue weighted by Gasteiger charge is -2.09. The minimum absolute atomic E-state index is 0.209. The summed E-state index contributed by atoms with van der Waals surface area (Å²) in [6, 6.07) is 10.9. The number of carbonyl (C=O) groups is 2. The Kier molecular flexibility index (Phi) is 7.45. The van der Waals surface area contributed by atoms with E-state index >= 15 is 0 Å². The van der Waals surface area contributed by atoms with Crippen LogP contribution >= 0.6 is 0 Å². The van der Waals surface area contributed by atoms with Gasteiger partial charge in [0.05, 0.1) is 14.2 Å². The van der Waals surface area contributed by atoms with Crippen LogP contribution in [-0.4, -0.2) is 32.6 Å². The highest BCUT2D eigenvalue weighted by Crippen LogP contribution is 2.25. The molecule has 0 heterocycles. The molecular weight excluding hydrogens is 360 g/mol. The molecule has 0 aliphatic rings. The summed E-state index contributed by atoms with van der Waals surface area (Å²) in [6.07, 6.45) is 2.86. The number of carbonyl (C=O) groups excluding carboxylic acids is 2. The van der Waals surface area contributed by atoms with Crippen LogP contribution < -0.4 is 25.1 Å². The minimum Gasteiger partial charge on any atom is -0.497 e. The molecule has 0 atom stereocenters. The van der Waals surface area contributed by atoms with Crippen LogP contribution in [0.5, 0.6) is 17.2 Å². The fourth-order valence-electron chi connectivity index (χ4n) is 2.50. The summed E-state index contributed by atoms with van der Waals surface area (Å²) in [7, 11) is 3.09. The predicted molar refractivity (Wildman–Crippen MR) is 106 cm³/mol. The highest BCUT2D eigenvalue weighted by Gasteiger charge is 2.06. The van der Waals surface area contributed by atoms with E-state index in [-0.39, 0.29) is 6.61 Å². The molecule has 0 unspecified atom stereocenters. The van der Waals surface area contributed by atoms with Gasteiger partial charge in [-0.15, -0.1) is 0 Å². The van der Waals surface area contributed by atoms with Gasteiger partial charge in [0.1, 0.15) is 17.2 Å². The van der Waals surface area contributed by atoms with E-state index in [4.69, 9.17) is 14.2 Å². The first-order valence-electron chi connectivity index (χ1n) is 8.61. The second-order valence-corrected chi connectivity index (χ2v) is 6.09. The summed E-state index contributed by atoms with van der Waals surface area (Å²) in [6.45, 7) is 3.69. The van der Waals surface area contributed by atoms with Crippen LogP contribution in [-0.2, 0) is 9.59 Å². The molecule has 0 radical (unpaired) electrons. The zero-order chi connectivity index (χ0) is 20.5. The van der Waals surface area contributed by atoms with Crippen LogP contribution in [0.4, 0.5) is 0 Å². The van der Waals surface area contributed by atoms with Crippen molar-refractivity contribution in [1.29, 1.82) is 0 Å². The Hall–Kier alpha value is -3.48. The highest BCUT2D eigenvalue weighted by atomic mass is 16.5. The van der Waals surface area contributed by atoms with Crippen LogP contribution in [0.15, 0.2) is 42.5 Å². The van der Waals surface area contributed by atoms with Crippen molar-refractivity contribution in [3.8, 4) is 17.2 Å². The van der Waals surface area contributed by atoms with Gasteiger partial charge in [-0.1, -0.05) is 6.07 Å². The smallest absolute Gasteiger partial charge is 0.276 e. The van der Waals surface area contributed by atoms with Crippen LogP contribution in [0.1, 0.15) is 16.7 Å². The van der Waals surface area contributed by atoms with E-state index in [9.17, 15) is 9.59 Å². The van der Waals surface area contributed by atoms with Gasteiger partial charge >= 0.3 is 0 Å². The highest BCUT2D eigenvalue weighted by molar-refractivity contribution is 5.93. The van der Waals surface area contributed by atoms with Crippen molar-refractivity contribution in [2.75, 3.05) is 20.8 Å². The third kappa shape index (κ3) is 6.35. The molecule has 0 bridgehead atoms. The second-order valence-electron chi connectivity index (χ2n) is 6.09. The van der Waals surface area contributed by atoms with E-state index in [1.165, 1.54) is 13.2 Å². The largest absolute Gasteiger partial charge is 0.497 e. The van der Waals surface area contributed by atoms with Crippen LogP contribution in [0, 0.1) is 13.8 Å². The number of hydrogen-bond acceptors (Lipinski definition) is 5. The van der Waals surface area contributed by atoms with Gasteiger partial charge in [0, 0.05) is 17.7 Å². The molecule has 2 aromatic rings. The van der Waals surface area contributed by atoms with Crippen molar-refractivity contribution in [3.05, 3.63) is 59.2 Å². The van der Waals surface area contributed by atoms with Crippen molar-refractivity contribution in [2.45, 2.75) is 13.8 Å². The number of nitrogens with one attached hydrogen (secondary N) is 2. The minimum atomic E-state index is -0.488. The average molecular weight is 384 g/mol. The normalized spacial score (nSPS) is 10.4. The molecule has 28 heavy (non-hydrogen) atoms. The van der Waals surface area contributed by atoms with Gasteiger partial charge in [0.15, 0.2) is 6.61 Å². The SMILES string of the molecule is COc1ccc(/C=C/C(=O)NNC(=O)COc2cc(C)cc(C)c2)c(OC)c1. The molecule has 0 aliphatic carbocycles. The van der Waals surface area contributed by atoms with Crippen LogP contribution in [0.2, 0.25) is 0 Å². The predicted octanol–water partition coefficient (Wildman–Crippen LogP) is 2.56. The second kappa shape index (κ2) is 10.0. The van der Waals surface area contributed by atoms with Crippen LogP contribution in [0.25, 0.3) is 6.08 Å². The molecule has 7 nitrogen and oxygen atoms in total. The third-order valence-corrected chi connectivity index (χ3v) is 3.75. The van der Waals surface area contributed by atoms with Gasteiger partial charge < -0.3 is 14.2 Å². The summed E-state index contributed by atoms with van der Waals surface area (Å²) < 4.78 is 15.8. The van der Waals surface area contributed by atoms with Gasteiger partial charge in [-0.2, -0.15) is 0 Å². The zero-order valence-electron chi connectivity index (χ0n) is 16.4. The fraction of sp³-hybridized carbons (Fsp3) is 0.238. The van der Waals surface area contributed by atoms with E-state index in [2.05, 4.69) is 10.9 Å². The first kappa shape index (κ1) is 20.8. The third-order valence-electron chi connectivity index (χ3n) is 3.75. The summed E-state index contributed by atoms with van der Waals surface area (Å²) in [5.41, 5.74) is 7.39. The maximum absolute atomic E-state index is 11.9. The number of hydrogen-bond donors (Lipinski definition) is 2. The molecule has 2 N–H and O–H groups in total. The van der Waals surface area contributed by atoms with Gasteiger partial charge in [-0.3, -0.25) is 20.4 Å². The summed E-state index contributed by atoms with van der Waals surface area (Å²) in [4.78, 5) is 23.7. The maximum Gasteiger partial charge on any atom is 0.276 e. The summed E-state index contributed by atoms with van der Waals surface area (Å²) in [5.74, 6) is 0.856. The molecule has 0 aromatic heterocycles. The molecule has 0 spiro atoms. The lowest BCUT2D eigenvalue weighted by molar-refractivity contribution is -0.128. The topological polar surface area (TPSA) is 85.9 Å². The number of benzene rings is 2. The number of aryl methyl sites for hydroxylation is 2. The number of methoxy groups -OCH3 is 2. The van der Waals surface area contributed by atoms with Crippen molar-refractivity contribution in [3.63, 3.8) is 0 Å². The maximum atomic E-state index is 11.9. The molecule has 2 amide bonds. The van der Waals surface area contributed by atoms with E-state index in [1.807, 2.05) is 32.0 Å². The molecule has 7 heteroatoms. The molecule has 148 valence electrons.